The number of benzene rings is 3. The molecule has 2 amide bonds. The van der Waals surface area contributed by atoms with Crippen LogP contribution in [0.4, 0.5) is 5.69 Å². The third kappa shape index (κ3) is 6.15. The summed E-state index contributed by atoms with van der Waals surface area (Å²) in [7, 11) is -3.35. The van der Waals surface area contributed by atoms with Gasteiger partial charge in [-0.05, 0) is 55.2 Å². The van der Waals surface area contributed by atoms with E-state index in [2.05, 4.69) is 10.6 Å². The first-order valence-corrected chi connectivity index (χ1v) is 13.3. The van der Waals surface area contributed by atoms with E-state index in [1.54, 1.807) is 48.5 Å². The van der Waals surface area contributed by atoms with Crippen LogP contribution in [0.3, 0.4) is 0 Å². The van der Waals surface area contributed by atoms with E-state index < -0.39 is 10.0 Å². The van der Waals surface area contributed by atoms with Crippen molar-refractivity contribution in [3.63, 3.8) is 0 Å². The highest BCUT2D eigenvalue weighted by Gasteiger charge is 2.25. The lowest BCUT2D eigenvalue weighted by Crippen LogP contribution is -2.29. The van der Waals surface area contributed by atoms with Crippen LogP contribution in [0.1, 0.15) is 57.7 Å². The summed E-state index contributed by atoms with van der Waals surface area (Å²) in [6, 6.07) is 22.8. The zero-order valence-electron chi connectivity index (χ0n) is 19.6. The standard InChI is InChI=1S/C27H29N3O4S/c1-20(22-9-3-2-4-10-22)28-27(32)24-11-5-6-12-25(24)29-26(31)23-15-13-21(14-16-23)19-35(33,34)30-17-7-8-18-30/h2-6,9-16,20H,7-8,17-19H2,1H3,(H,28,32)(H,29,31)/t20-/m0/s1. The largest absolute Gasteiger partial charge is 0.345 e. The maximum absolute atomic E-state index is 12.9. The zero-order chi connectivity index (χ0) is 24.8. The predicted molar refractivity (Wildman–Crippen MR) is 137 cm³/mol. The van der Waals surface area contributed by atoms with Gasteiger partial charge in [0.2, 0.25) is 10.0 Å². The highest BCUT2D eigenvalue weighted by atomic mass is 32.2. The number of para-hydroxylation sites is 1. The van der Waals surface area contributed by atoms with Crippen LogP contribution < -0.4 is 10.6 Å². The molecule has 1 saturated heterocycles. The lowest BCUT2D eigenvalue weighted by atomic mass is 10.1. The average molecular weight is 492 g/mol. The van der Waals surface area contributed by atoms with E-state index in [1.807, 2.05) is 37.3 Å². The molecule has 0 saturated carbocycles. The Balaban J connectivity index is 1.42. The Morgan fingerprint density at radius 1 is 0.857 bits per heavy atom. The number of carbonyl (C=O) groups is 2. The summed E-state index contributed by atoms with van der Waals surface area (Å²) in [4.78, 5) is 25.8. The highest BCUT2D eigenvalue weighted by molar-refractivity contribution is 7.88. The molecule has 0 aliphatic carbocycles. The number of anilines is 1. The topological polar surface area (TPSA) is 95.6 Å². The average Bonchev–Trinajstić information content (AvgIpc) is 3.41. The number of sulfonamides is 1. The second kappa shape index (κ2) is 10.8. The van der Waals surface area contributed by atoms with Gasteiger partial charge in [-0.1, -0.05) is 54.6 Å². The van der Waals surface area contributed by atoms with E-state index in [-0.39, 0.29) is 23.6 Å². The number of nitrogens with zero attached hydrogens (tertiary/aromatic N) is 1. The van der Waals surface area contributed by atoms with Crippen LogP contribution in [-0.4, -0.2) is 37.6 Å². The van der Waals surface area contributed by atoms with Gasteiger partial charge in [0.05, 0.1) is 23.0 Å². The monoisotopic (exact) mass is 491 g/mol. The predicted octanol–water partition coefficient (Wildman–Crippen LogP) is 4.36. The van der Waals surface area contributed by atoms with E-state index in [9.17, 15) is 18.0 Å². The Kier molecular flexibility index (Phi) is 7.63. The number of carbonyl (C=O) groups excluding carboxylic acids is 2. The van der Waals surface area contributed by atoms with Gasteiger partial charge < -0.3 is 10.6 Å². The number of hydrogen-bond acceptors (Lipinski definition) is 4. The molecule has 0 spiro atoms. The SMILES string of the molecule is C[C@H](NC(=O)c1ccccc1NC(=O)c1ccc(CS(=O)(=O)N2CCCC2)cc1)c1ccccc1. The van der Waals surface area contributed by atoms with Crippen molar-refractivity contribution in [3.8, 4) is 0 Å². The molecule has 7 nitrogen and oxygen atoms in total. The molecule has 8 heteroatoms. The van der Waals surface area contributed by atoms with Gasteiger partial charge in [-0.25, -0.2) is 12.7 Å². The summed E-state index contributed by atoms with van der Waals surface area (Å²) in [5.74, 6) is -0.757. The van der Waals surface area contributed by atoms with Crippen molar-refractivity contribution in [3.05, 3.63) is 101 Å². The minimum absolute atomic E-state index is 0.0858. The first-order valence-electron chi connectivity index (χ1n) is 11.7. The fourth-order valence-electron chi connectivity index (χ4n) is 4.10. The summed E-state index contributed by atoms with van der Waals surface area (Å²) in [6.45, 7) is 3.04. The van der Waals surface area contributed by atoms with E-state index in [4.69, 9.17) is 0 Å². The molecule has 0 unspecified atom stereocenters. The fraction of sp³-hybridized carbons (Fsp3) is 0.259. The summed E-state index contributed by atoms with van der Waals surface area (Å²) < 4.78 is 26.6. The summed E-state index contributed by atoms with van der Waals surface area (Å²) in [5.41, 5.74) is 2.74. The van der Waals surface area contributed by atoms with E-state index in [1.165, 1.54) is 4.31 Å². The van der Waals surface area contributed by atoms with Gasteiger partial charge >= 0.3 is 0 Å². The molecular weight excluding hydrogens is 462 g/mol. The maximum Gasteiger partial charge on any atom is 0.255 e. The molecule has 0 bridgehead atoms. The Bertz CT molecular complexity index is 1290. The smallest absolute Gasteiger partial charge is 0.255 e. The van der Waals surface area contributed by atoms with Gasteiger partial charge in [0, 0.05) is 18.7 Å². The van der Waals surface area contributed by atoms with Gasteiger partial charge in [0.25, 0.3) is 11.8 Å². The van der Waals surface area contributed by atoms with Crippen molar-refractivity contribution in [2.24, 2.45) is 0 Å². The van der Waals surface area contributed by atoms with Crippen LogP contribution >= 0.6 is 0 Å². The van der Waals surface area contributed by atoms with Crippen LogP contribution in [0.2, 0.25) is 0 Å². The van der Waals surface area contributed by atoms with Crippen molar-refractivity contribution in [2.75, 3.05) is 18.4 Å². The molecule has 35 heavy (non-hydrogen) atoms. The summed E-state index contributed by atoms with van der Waals surface area (Å²) in [6.07, 6.45) is 1.78. The quantitative estimate of drug-likeness (QED) is 0.490. The normalized spacial score (nSPS) is 14.9. The van der Waals surface area contributed by atoms with Crippen LogP contribution in [0.5, 0.6) is 0 Å². The molecule has 3 aromatic rings. The minimum atomic E-state index is -3.35. The molecule has 2 N–H and O–H groups in total. The molecule has 3 aromatic carbocycles. The molecule has 1 atom stereocenters. The molecule has 0 aromatic heterocycles. The number of amides is 2. The molecule has 0 radical (unpaired) electrons. The van der Waals surface area contributed by atoms with Crippen LogP contribution in [0.15, 0.2) is 78.9 Å². The van der Waals surface area contributed by atoms with Crippen molar-refractivity contribution in [2.45, 2.75) is 31.6 Å². The Morgan fingerprint density at radius 3 is 2.17 bits per heavy atom. The molecule has 1 aliphatic heterocycles. The van der Waals surface area contributed by atoms with Crippen molar-refractivity contribution in [1.82, 2.24) is 9.62 Å². The summed E-state index contributed by atoms with van der Waals surface area (Å²) in [5, 5.41) is 5.77. The van der Waals surface area contributed by atoms with Crippen molar-refractivity contribution in [1.29, 1.82) is 0 Å². The van der Waals surface area contributed by atoms with Gasteiger partial charge in [0.15, 0.2) is 0 Å². The third-order valence-corrected chi connectivity index (χ3v) is 7.94. The van der Waals surface area contributed by atoms with E-state index >= 15 is 0 Å². The Labute approximate surface area is 206 Å². The van der Waals surface area contributed by atoms with E-state index in [0.717, 1.165) is 18.4 Å². The van der Waals surface area contributed by atoms with Gasteiger partial charge in [-0.15, -0.1) is 0 Å². The lowest BCUT2D eigenvalue weighted by molar-refractivity contribution is 0.0940. The lowest BCUT2D eigenvalue weighted by Gasteiger charge is -2.17. The molecule has 1 fully saturated rings. The van der Waals surface area contributed by atoms with E-state index in [0.29, 0.717) is 35.5 Å². The van der Waals surface area contributed by atoms with Crippen LogP contribution in [-0.2, 0) is 15.8 Å². The maximum atomic E-state index is 12.9. The minimum Gasteiger partial charge on any atom is -0.345 e. The second-order valence-corrected chi connectivity index (χ2v) is 10.6. The first-order chi connectivity index (χ1) is 16.8. The molecule has 1 aliphatic rings. The molecule has 182 valence electrons. The highest BCUT2D eigenvalue weighted by Crippen LogP contribution is 2.20. The van der Waals surface area contributed by atoms with Gasteiger partial charge in [0.1, 0.15) is 0 Å². The van der Waals surface area contributed by atoms with Crippen LogP contribution in [0.25, 0.3) is 0 Å². The van der Waals surface area contributed by atoms with Gasteiger partial charge in [-0.3, -0.25) is 9.59 Å². The number of rotatable bonds is 8. The molecule has 1 heterocycles. The van der Waals surface area contributed by atoms with Crippen molar-refractivity contribution >= 4 is 27.5 Å². The fourth-order valence-corrected chi connectivity index (χ4v) is 5.72. The first kappa shape index (κ1) is 24.6. The second-order valence-electron chi connectivity index (χ2n) is 8.66. The molecule has 4 rings (SSSR count). The van der Waals surface area contributed by atoms with Crippen molar-refractivity contribution < 1.29 is 18.0 Å². The van der Waals surface area contributed by atoms with Gasteiger partial charge in [-0.2, -0.15) is 0 Å². The number of nitrogens with one attached hydrogen (secondary N) is 2. The van der Waals surface area contributed by atoms with Crippen LogP contribution in [0, 0.1) is 0 Å². The number of hydrogen-bond donors (Lipinski definition) is 2. The Hall–Kier alpha value is -3.49. The zero-order valence-corrected chi connectivity index (χ0v) is 20.4. The third-order valence-electron chi connectivity index (χ3n) is 6.09. The summed E-state index contributed by atoms with van der Waals surface area (Å²) >= 11 is 0. The molecular formula is C27H29N3O4S. The Morgan fingerprint density at radius 2 is 1.49 bits per heavy atom.